The minimum Gasteiger partial charge on any atom is -0.303 e. The third-order valence-corrected chi connectivity index (χ3v) is 7.75. The van der Waals surface area contributed by atoms with Gasteiger partial charge in [-0.3, -0.25) is 14.5 Å². The molecule has 2 aromatic carbocycles. The summed E-state index contributed by atoms with van der Waals surface area (Å²) in [6.45, 7) is 8.43. The van der Waals surface area contributed by atoms with E-state index in [-0.39, 0.29) is 28.9 Å². The molecule has 4 nitrogen and oxygen atoms in total. The monoisotopic (exact) mass is 410 g/mol. The average Bonchev–Trinajstić information content (AvgIpc) is 3.11. The van der Waals surface area contributed by atoms with Crippen molar-refractivity contribution in [1.29, 1.82) is 0 Å². The number of benzene rings is 2. The van der Waals surface area contributed by atoms with Gasteiger partial charge in [0, 0.05) is 16.8 Å². The molecule has 0 N–H and O–H groups in total. The number of hydrogen-bond donors (Lipinski definition) is 0. The van der Waals surface area contributed by atoms with Gasteiger partial charge in [-0.1, -0.05) is 24.6 Å². The predicted octanol–water partition coefficient (Wildman–Crippen LogP) is 4.70. The van der Waals surface area contributed by atoms with E-state index >= 15 is 0 Å². The SMILES string of the molecule is Cc1cc2c3c(c1)[C@]1(SCC(=O)N1c1ccc(F)cc1)C(=O)N3C(C)(C)C[C@@H]2C. The first kappa shape index (κ1) is 18.7. The van der Waals surface area contributed by atoms with Crippen molar-refractivity contribution < 1.29 is 14.0 Å². The summed E-state index contributed by atoms with van der Waals surface area (Å²) in [7, 11) is 0. The molecule has 5 rings (SSSR count). The van der Waals surface area contributed by atoms with Gasteiger partial charge >= 0.3 is 0 Å². The largest absolute Gasteiger partial charge is 0.303 e. The zero-order valence-corrected chi connectivity index (χ0v) is 17.8. The molecule has 29 heavy (non-hydrogen) atoms. The quantitative estimate of drug-likeness (QED) is 0.684. The highest BCUT2D eigenvalue weighted by atomic mass is 32.2. The highest BCUT2D eigenvalue weighted by Crippen LogP contribution is 2.61. The summed E-state index contributed by atoms with van der Waals surface area (Å²) in [5.41, 5.74) is 4.30. The van der Waals surface area contributed by atoms with Crippen molar-refractivity contribution in [3.63, 3.8) is 0 Å². The Bertz CT molecular complexity index is 1070. The van der Waals surface area contributed by atoms with E-state index in [0.717, 1.165) is 23.2 Å². The Labute approximate surface area is 174 Å². The Morgan fingerprint density at radius 3 is 2.48 bits per heavy atom. The van der Waals surface area contributed by atoms with E-state index in [4.69, 9.17) is 0 Å². The van der Waals surface area contributed by atoms with Gasteiger partial charge in [0.1, 0.15) is 5.82 Å². The number of anilines is 2. The average molecular weight is 411 g/mol. The highest BCUT2D eigenvalue weighted by Gasteiger charge is 2.64. The van der Waals surface area contributed by atoms with Crippen LogP contribution in [-0.2, 0) is 14.5 Å². The van der Waals surface area contributed by atoms with Crippen molar-refractivity contribution in [2.75, 3.05) is 15.6 Å². The molecule has 0 saturated carbocycles. The molecule has 3 aliphatic rings. The van der Waals surface area contributed by atoms with Crippen LogP contribution in [0.4, 0.5) is 15.8 Å². The van der Waals surface area contributed by atoms with Crippen LogP contribution in [0.1, 0.15) is 49.8 Å². The number of nitrogens with zero attached hydrogens (tertiary/aromatic N) is 2. The second-order valence-corrected chi connectivity index (χ2v) is 10.1. The zero-order chi connectivity index (χ0) is 20.7. The maximum Gasteiger partial charge on any atom is 0.269 e. The molecule has 0 unspecified atom stereocenters. The van der Waals surface area contributed by atoms with Crippen LogP contribution in [0.15, 0.2) is 36.4 Å². The summed E-state index contributed by atoms with van der Waals surface area (Å²) in [5.74, 6) is -0.0326. The van der Waals surface area contributed by atoms with Gasteiger partial charge in [-0.05, 0) is 62.9 Å². The van der Waals surface area contributed by atoms with Crippen LogP contribution >= 0.6 is 11.8 Å². The molecule has 150 valence electrons. The second-order valence-electron chi connectivity index (χ2n) is 8.95. The first-order valence-electron chi connectivity index (χ1n) is 9.89. The molecule has 6 heteroatoms. The van der Waals surface area contributed by atoms with E-state index in [9.17, 15) is 14.0 Å². The number of aryl methyl sites for hydroxylation is 1. The zero-order valence-electron chi connectivity index (χ0n) is 17.0. The molecule has 1 spiro atoms. The van der Waals surface area contributed by atoms with Gasteiger partial charge in [0.15, 0.2) is 0 Å². The molecule has 2 aromatic rings. The van der Waals surface area contributed by atoms with Gasteiger partial charge in [0.2, 0.25) is 10.8 Å². The number of rotatable bonds is 1. The van der Waals surface area contributed by atoms with E-state index in [1.54, 1.807) is 17.0 Å². The molecule has 2 amide bonds. The van der Waals surface area contributed by atoms with E-state index in [1.165, 1.54) is 29.5 Å². The molecule has 1 saturated heterocycles. The molecular formula is C23H23FN2O2S. The summed E-state index contributed by atoms with van der Waals surface area (Å²) < 4.78 is 13.5. The van der Waals surface area contributed by atoms with Crippen molar-refractivity contribution in [2.24, 2.45) is 0 Å². The Morgan fingerprint density at radius 1 is 1.10 bits per heavy atom. The maximum absolute atomic E-state index is 14.1. The second kappa shape index (κ2) is 5.85. The van der Waals surface area contributed by atoms with Gasteiger partial charge in [-0.15, -0.1) is 11.8 Å². The predicted molar refractivity (Wildman–Crippen MR) is 114 cm³/mol. The minimum absolute atomic E-state index is 0.0728. The van der Waals surface area contributed by atoms with Crippen LogP contribution in [-0.4, -0.2) is 23.1 Å². The molecular weight excluding hydrogens is 387 g/mol. The normalized spacial score (nSPS) is 27.1. The van der Waals surface area contributed by atoms with E-state index in [2.05, 4.69) is 26.8 Å². The standard InChI is InChI=1S/C23H23FN2O2S/c1-13-9-17-14(2)11-22(3,4)26-20(17)18(10-13)23(21(26)28)25(19(27)12-29-23)16-7-5-15(24)6-8-16/h5-10,14H,11-12H2,1-4H3/t14-,23-/m0/s1. The summed E-state index contributed by atoms with van der Waals surface area (Å²) >= 11 is 1.38. The molecule has 0 radical (unpaired) electrons. The number of carbonyl (C=O) groups excluding carboxylic acids is 2. The number of carbonyl (C=O) groups is 2. The maximum atomic E-state index is 14.1. The fourth-order valence-corrected chi connectivity index (χ4v) is 6.65. The molecule has 2 atom stereocenters. The lowest BCUT2D eigenvalue weighted by Crippen LogP contribution is -2.56. The van der Waals surface area contributed by atoms with Gasteiger partial charge < -0.3 is 4.90 Å². The lowest BCUT2D eigenvalue weighted by atomic mass is 9.80. The van der Waals surface area contributed by atoms with Crippen molar-refractivity contribution >= 4 is 35.0 Å². The van der Waals surface area contributed by atoms with Crippen LogP contribution in [0.2, 0.25) is 0 Å². The van der Waals surface area contributed by atoms with Crippen LogP contribution in [0, 0.1) is 12.7 Å². The molecule has 0 aromatic heterocycles. The van der Waals surface area contributed by atoms with E-state index in [1.807, 2.05) is 17.9 Å². The van der Waals surface area contributed by atoms with E-state index < -0.39 is 4.87 Å². The number of halogens is 1. The van der Waals surface area contributed by atoms with Crippen LogP contribution in [0.3, 0.4) is 0 Å². The number of hydrogen-bond acceptors (Lipinski definition) is 3. The number of amides is 2. The minimum atomic E-state index is -1.13. The molecule has 3 aliphatic heterocycles. The Morgan fingerprint density at radius 2 is 1.79 bits per heavy atom. The topological polar surface area (TPSA) is 40.6 Å². The Balaban J connectivity index is 1.81. The summed E-state index contributed by atoms with van der Waals surface area (Å²) in [6.07, 6.45) is 0.861. The first-order chi connectivity index (χ1) is 13.7. The highest BCUT2D eigenvalue weighted by molar-refractivity contribution is 8.02. The smallest absolute Gasteiger partial charge is 0.269 e. The van der Waals surface area contributed by atoms with Gasteiger partial charge in [0.05, 0.1) is 11.4 Å². The molecule has 0 bridgehead atoms. The Hall–Kier alpha value is -2.34. The van der Waals surface area contributed by atoms with Gasteiger partial charge in [-0.25, -0.2) is 4.39 Å². The summed E-state index contributed by atoms with van der Waals surface area (Å²) in [4.78, 5) is 29.5. The number of thioether (sulfide) groups is 1. The number of fused-ring (bicyclic) bond motifs is 1. The van der Waals surface area contributed by atoms with E-state index in [0.29, 0.717) is 11.6 Å². The van der Waals surface area contributed by atoms with Gasteiger partial charge in [0.25, 0.3) is 5.91 Å². The first-order valence-corrected chi connectivity index (χ1v) is 10.9. The lowest BCUT2D eigenvalue weighted by Gasteiger charge is -2.44. The fourth-order valence-electron chi connectivity index (χ4n) is 5.33. The third kappa shape index (κ3) is 2.32. The molecule has 1 fully saturated rings. The van der Waals surface area contributed by atoms with Crippen LogP contribution < -0.4 is 9.80 Å². The van der Waals surface area contributed by atoms with Crippen molar-refractivity contribution in [2.45, 2.75) is 50.4 Å². The molecule has 0 aliphatic carbocycles. The Kier molecular flexibility index (Phi) is 3.77. The van der Waals surface area contributed by atoms with Crippen molar-refractivity contribution in [1.82, 2.24) is 0 Å². The third-order valence-electron chi connectivity index (χ3n) is 6.36. The molecule has 3 heterocycles. The van der Waals surface area contributed by atoms with Crippen molar-refractivity contribution in [3.8, 4) is 0 Å². The van der Waals surface area contributed by atoms with Crippen LogP contribution in [0.25, 0.3) is 0 Å². The lowest BCUT2D eigenvalue weighted by molar-refractivity contribution is -0.124. The summed E-state index contributed by atoms with van der Waals surface area (Å²) in [5, 5.41) is 0. The van der Waals surface area contributed by atoms with Crippen LogP contribution in [0.5, 0.6) is 0 Å². The fraction of sp³-hybridized carbons (Fsp3) is 0.391. The van der Waals surface area contributed by atoms with Crippen molar-refractivity contribution in [3.05, 3.63) is 58.9 Å². The summed E-state index contributed by atoms with van der Waals surface area (Å²) in [6, 6.07) is 10.1. The van der Waals surface area contributed by atoms with Gasteiger partial charge in [-0.2, -0.15) is 0 Å².